The van der Waals surface area contributed by atoms with E-state index in [-0.39, 0.29) is 0 Å². The molecule has 0 aliphatic rings. The van der Waals surface area contributed by atoms with Gasteiger partial charge in [0.25, 0.3) is 0 Å². The summed E-state index contributed by atoms with van der Waals surface area (Å²) in [5.41, 5.74) is 6.31. The average molecular weight is 208 g/mol. The minimum absolute atomic E-state index is 0.704. The second-order valence-electron chi connectivity index (χ2n) is 3.81. The van der Waals surface area contributed by atoms with Gasteiger partial charge in [-0.05, 0) is 43.9 Å². The molecule has 0 bridgehead atoms. The smallest absolute Gasteiger partial charge is 0.125 e. The lowest BCUT2D eigenvalue weighted by atomic mass is 10.1. The first-order chi connectivity index (χ1) is 7.16. The topological polar surface area (TPSA) is 47.3 Å². The summed E-state index contributed by atoms with van der Waals surface area (Å²) in [5.74, 6) is 6.21. The third-order valence-corrected chi connectivity index (χ3v) is 2.59. The van der Waals surface area contributed by atoms with Crippen molar-refractivity contribution < 1.29 is 4.74 Å². The summed E-state index contributed by atoms with van der Waals surface area (Å²) < 4.78 is 5.75. The molecule has 0 aliphatic carbocycles. The van der Waals surface area contributed by atoms with Crippen molar-refractivity contribution in [3.63, 3.8) is 0 Å². The van der Waals surface area contributed by atoms with Crippen molar-refractivity contribution >= 4 is 0 Å². The summed E-state index contributed by atoms with van der Waals surface area (Å²) in [6.45, 7) is 7.75. The predicted octanol–water partition coefficient (Wildman–Crippen LogP) is 1.84. The number of hydrogen-bond donors (Lipinski definition) is 2. The molecule has 3 heteroatoms. The van der Waals surface area contributed by atoms with E-state index in [1.807, 2.05) is 0 Å². The maximum Gasteiger partial charge on any atom is 0.125 e. The molecular weight excluding hydrogens is 188 g/mol. The summed E-state index contributed by atoms with van der Waals surface area (Å²) in [6, 6.07) is 4.22. The predicted molar refractivity (Wildman–Crippen MR) is 63.0 cm³/mol. The molecule has 0 atom stereocenters. The molecule has 0 amide bonds. The number of hydrazine groups is 1. The highest BCUT2D eigenvalue weighted by atomic mass is 16.5. The Morgan fingerprint density at radius 2 is 1.87 bits per heavy atom. The van der Waals surface area contributed by atoms with Crippen LogP contribution in [0.3, 0.4) is 0 Å². The van der Waals surface area contributed by atoms with Gasteiger partial charge in [0.1, 0.15) is 5.75 Å². The Hall–Kier alpha value is -1.06. The van der Waals surface area contributed by atoms with E-state index in [1.54, 1.807) is 0 Å². The van der Waals surface area contributed by atoms with Crippen LogP contribution in [0.2, 0.25) is 0 Å². The molecule has 0 aliphatic heterocycles. The Balaban J connectivity index is 2.63. The summed E-state index contributed by atoms with van der Waals surface area (Å²) in [4.78, 5) is 0. The van der Waals surface area contributed by atoms with Gasteiger partial charge in [-0.1, -0.05) is 12.1 Å². The molecule has 3 nitrogen and oxygen atoms in total. The second kappa shape index (κ2) is 5.73. The lowest BCUT2D eigenvalue weighted by molar-refractivity contribution is 0.304. The van der Waals surface area contributed by atoms with Crippen molar-refractivity contribution in [2.45, 2.75) is 27.2 Å². The molecule has 0 aromatic heterocycles. The van der Waals surface area contributed by atoms with Gasteiger partial charge in [0, 0.05) is 6.54 Å². The molecule has 0 unspecified atom stereocenters. The molecule has 0 radical (unpaired) electrons. The van der Waals surface area contributed by atoms with E-state index in [2.05, 4.69) is 38.3 Å². The summed E-state index contributed by atoms with van der Waals surface area (Å²) in [6.07, 6.45) is 0.920. The lowest BCUT2D eigenvalue weighted by Crippen LogP contribution is -2.24. The highest BCUT2D eigenvalue weighted by Gasteiger charge is 2.05. The van der Waals surface area contributed by atoms with E-state index in [4.69, 9.17) is 10.6 Å². The number of rotatable bonds is 5. The maximum atomic E-state index is 5.75. The molecule has 1 aromatic rings. The number of nitrogens with two attached hydrogens (primary N) is 1. The van der Waals surface area contributed by atoms with E-state index in [9.17, 15) is 0 Å². The van der Waals surface area contributed by atoms with Crippen LogP contribution in [-0.4, -0.2) is 13.2 Å². The Morgan fingerprint density at radius 1 is 1.20 bits per heavy atom. The quantitative estimate of drug-likeness (QED) is 0.441. The SMILES string of the molecule is Cc1ccc(C)c(OCCCNN)c1C. The van der Waals surface area contributed by atoms with Gasteiger partial charge < -0.3 is 4.74 Å². The fraction of sp³-hybridized carbons (Fsp3) is 0.500. The van der Waals surface area contributed by atoms with Crippen molar-refractivity contribution in [3.05, 3.63) is 28.8 Å². The zero-order valence-corrected chi connectivity index (χ0v) is 9.76. The second-order valence-corrected chi connectivity index (χ2v) is 3.81. The molecule has 0 heterocycles. The first kappa shape index (κ1) is 12.0. The van der Waals surface area contributed by atoms with E-state index >= 15 is 0 Å². The fourth-order valence-corrected chi connectivity index (χ4v) is 1.50. The normalized spacial score (nSPS) is 10.4. The van der Waals surface area contributed by atoms with Crippen LogP contribution >= 0.6 is 0 Å². The molecule has 0 spiro atoms. The van der Waals surface area contributed by atoms with E-state index < -0.39 is 0 Å². The largest absolute Gasteiger partial charge is 0.493 e. The number of hydrogen-bond acceptors (Lipinski definition) is 3. The van der Waals surface area contributed by atoms with Crippen LogP contribution in [0.25, 0.3) is 0 Å². The van der Waals surface area contributed by atoms with Gasteiger partial charge in [0.15, 0.2) is 0 Å². The van der Waals surface area contributed by atoms with Crippen molar-refractivity contribution in [3.8, 4) is 5.75 Å². The van der Waals surface area contributed by atoms with E-state index in [0.29, 0.717) is 6.61 Å². The highest BCUT2D eigenvalue weighted by Crippen LogP contribution is 2.25. The summed E-state index contributed by atoms with van der Waals surface area (Å²) in [7, 11) is 0. The Bertz CT molecular complexity index is 324. The zero-order chi connectivity index (χ0) is 11.3. The third kappa shape index (κ3) is 3.22. The molecule has 0 saturated carbocycles. The van der Waals surface area contributed by atoms with Gasteiger partial charge in [0.2, 0.25) is 0 Å². The molecule has 0 saturated heterocycles. The van der Waals surface area contributed by atoms with Gasteiger partial charge in [-0.2, -0.15) is 0 Å². The monoisotopic (exact) mass is 208 g/mol. The first-order valence-electron chi connectivity index (χ1n) is 5.30. The molecule has 1 rings (SSSR count). The van der Waals surface area contributed by atoms with Crippen LogP contribution in [0.5, 0.6) is 5.75 Å². The fourth-order valence-electron chi connectivity index (χ4n) is 1.50. The Kier molecular flexibility index (Phi) is 4.59. The molecule has 15 heavy (non-hydrogen) atoms. The Morgan fingerprint density at radius 3 is 2.53 bits per heavy atom. The van der Waals surface area contributed by atoms with Crippen LogP contribution in [0.15, 0.2) is 12.1 Å². The van der Waals surface area contributed by atoms with Crippen LogP contribution in [0.1, 0.15) is 23.1 Å². The van der Waals surface area contributed by atoms with Crippen molar-refractivity contribution in [1.29, 1.82) is 0 Å². The van der Waals surface area contributed by atoms with Gasteiger partial charge >= 0.3 is 0 Å². The van der Waals surface area contributed by atoms with E-state index in [1.165, 1.54) is 16.7 Å². The van der Waals surface area contributed by atoms with Crippen LogP contribution in [-0.2, 0) is 0 Å². The number of nitrogens with one attached hydrogen (secondary N) is 1. The number of aryl methyl sites for hydroxylation is 2. The minimum Gasteiger partial charge on any atom is -0.493 e. The molecular formula is C12H20N2O. The van der Waals surface area contributed by atoms with Gasteiger partial charge in [0.05, 0.1) is 6.61 Å². The number of benzene rings is 1. The molecule has 0 fully saturated rings. The van der Waals surface area contributed by atoms with Crippen LogP contribution in [0.4, 0.5) is 0 Å². The van der Waals surface area contributed by atoms with Crippen LogP contribution in [0, 0.1) is 20.8 Å². The highest BCUT2D eigenvalue weighted by molar-refractivity contribution is 5.44. The Labute approximate surface area is 91.6 Å². The van der Waals surface area contributed by atoms with Gasteiger partial charge in [-0.15, -0.1) is 0 Å². The van der Waals surface area contributed by atoms with Crippen molar-refractivity contribution in [2.24, 2.45) is 5.84 Å². The molecule has 3 N–H and O–H groups in total. The maximum absolute atomic E-state index is 5.75. The van der Waals surface area contributed by atoms with Gasteiger partial charge in [-0.3, -0.25) is 11.3 Å². The average Bonchev–Trinajstić information content (AvgIpc) is 2.23. The van der Waals surface area contributed by atoms with Crippen molar-refractivity contribution in [2.75, 3.05) is 13.2 Å². The third-order valence-electron chi connectivity index (χ3n) is 2.59. The molecule has 1 aromatic carbocycles. The lowest BCUT2D eigenvalue weighted by Gasteiger charge is -2.13. The summed E-state index contributed by atoms with van der Waals surface area (Å²) >= 11 is 0. The van der Waals surface area contributed by atoms with Crippen LogP contribution < -0.4 is 16.0 Å². The minimum atomic E-state index is 0.704. The zero-order valence-electron chi connectivity index (χ0n) is 9.76. The molecule has 84 valence electrons. The first-order valence-corrected chi connectivity index (χ1v) is 5.30. The number of ether oxygens (including phenoxy) is 1. The summed E-state index contributed by atoms with van der Waals surface area (Å²) in [5, 5.41) is 0. The van der Waals surface area contributed by atoms with Gasteiger partial charge in [-0.25, -0.2) is 0 Å². The van der Waals surface area contributed by atoms with Crippen molar-refractivity contribution in [1.82, 2.24) is 5.43 Å². The standard InChI is InChI=1S/C12H20N2O/c1-9-5-6-10(2)12(11(9)3)15-8-4-7-14-13/h5-6,14H,4,7-8,13H2,1-3H3. The van der Waals surface area contributed by atoms with E-state index in [0.717, 1.165) is 18.7 Å².